The Balaban J connectivity index is 1.82. The first-order valence-electron chi connectivity index (χ1n) is 12.2. The van der Waals surface area contributed by atoms with Crippen LogP contribution >= 0.6 is 0 Å². The maximum absolute atomic E-state index is 12.1. The Hall–Kier alpha value is -0.900. The maximum atomic E-state index is 12.1. The summed E-state index contributed by atoms with van der Waals surface area (Å²) in [5.74, 6) is -0.0981. The highest BCUT2D eigenvalue weighted by atomic mass is 16.2. The van der Waals surface area contributed by atoms with Crippen molar-refractivity contribution in [2.75, 3.05) is 13.1 Å². The topological polar surface area (TPSA) is 63.4 Å². The van der Waals surface area contributed by atoms with Crippen molar-refractivity contribution in [2.45, 2.75) is 122 Å². The second-order valence-electron chi connectivity index (χ2n) is 8.67. The third kappa shape index (κ3) is 11.2. The molecule has 28 heavy (non-hydrogen) atoms. The molecule has 0 spiro atoms. The van der Waals surface area contributed by atoms with Gasteiger partial charge in [0, 0.05) is 25.4 Å². The van der Waals surface area contributed by atoms with E-state index in [1.807, 2.05) is 0 Å². The standard InChI is InChI=1S/C24H46N2O2/c1-2-3-4-5-6-7-8-9-10-11-12-13-14-15-16-17-18-22-21-23(27)26(20-19-25)24(22)28/h22H,2-21,25H2,1H3. The average Bonchev–Trinajstić information content (AvgIpc) is 2.95. The van der Waals surface area contributed by atoms with Crippen LogP contribution in [0.4, 0.5) is 0 Å². The van der Waals surface area contributed by atoms with Crippen LogP contribution in [0.1, 0.15) is 122 Å². The van der Waals surface area contributed by atoms with Crippen LogP contribution in [0.5, 0.6) is 0 Å². The van der Waals surface area contributed by atoms with Crippen LogP contribution in [0, 0.1) is 5.92 Å². The van der Waals surface area contributed by atoms with Crippen LogP contribution in [-0.2, 0) is 9.59 Å². The Morgan fingerprint density at radius 2 is 1.18 bits per heavy atom. The van der Waals surface area contributed by atoms with Crippen molar-refractivity contribution in [3.05, 3.63) is 0 Å². The van der Waals surface area contributed by atoms with Gasteiger partial charge in [-0.05, 0) is 6.42 Å². The molecular formula is C24H46N2O2. The lowest BCUT2D eigenvalue weighted by Crippen LogP contribution is -2.35. The van der Waals surface area contributed by atoms with E-state index in [0.29, 0.717) is 19.5 Å². The molecule has 1 unspecified atom stereocenters. The molecular weight excluding hydrogens is 348 g/mol. The quantitative estimate of drug-likeness (QED) is 0.217. The number of nitrogens with two attached hydrogens (primary N) is 1. The fraction of sp³-hybridized carbons (Fsp3) is 0.917. The van der Waals surface area contributed by atoms with Crippen molar-refractivity contribution in [1.29, 1.82) is 0 Å². The fourth-order valence-electron chi connectivity index (χ4n) is 4.28. The Bertz CT molecular complexity index is 411. The Morgan fingerprint density at radius 1 is 0.750 bits per heavy atom. The van der Waals surface area contributed by atoms with Crippen molar-refractivity contribution in [1.82, 2.24) is 4.90 Å². The molecule has 0 aliphatic carbocycles. The van der Waals surface area contributed by atoms with Gasteiger partial charge in [-0.3, -0.25) is 14.5 Å². The first-order valence-corrected chi connectivity index (χ1v) is 12.2. The zero-order chi connectivity index (χ0) is 20.5. The van der Waals surface area contributed by atoms with Gasteiger partial charge in [0.25, 0.3) is 0 Å². The van der Waals surface area contributed by atoms with Crippen molar-refractivity contribution >= 4 is 11.8 Å². The number of rotatable bonds is 19. The monoisotopic (exact) mass is 394 g/mol. The number of likely N-dealkylation sites (tertiary alicyclic amines) is 1. The largest absolute Gasteiger partial charge is 0.329 e. The lowest BCUT2D eigenvalue weighted by Gasteiger charge is -2.13. The van der Waals surface area contributed by atoms with Gasteiger partial charge in [-0.2, -0.15) is 0 Å². The minimum atomic E-state index is -0.0781. The molecule has 4 nitrogen and oxygen atoms in total. The first-order chi connectivity index (χ1) is 13.7. The predicted molar refractivity (Wildman–Crippen MR) is 118 cm³/mol. The highest BCUT2D eigenvalue weighted by Gasteiger charge is 2.37. The van der Waals surface area contributed by atoms with E-state index in [9.17, 15) is 9.59 Å². The number of imide groups is 1. The Kier molecular flexibility index (Phi) is 15.3. The van der Waals surface area contributed by atoms with Gasteiger partial charge in [0.15, 0.2) is 0 Å². The molecule has 164 valence electrons. The normalized spacial score (nSPS) is 17.1. The van der Waals surface area contributed by atoms with Crippen LogP contribution in [0.3, 0.4) is 0 Å². The van der Waals surface area contributed by atoms with Gasteiger partial charge in [0.1, 0.15) is 0 Å². The predicted octanol–water partition coefficient (Wildman–Crippen LogP) is 5.97. The maximum Gasteiger partial charge on any atom is 0.232 e. The van der Waals surface area contributed by atoms with E-state index >= 15 is 0 Å². The van der Waals surface area contributed by atoms with E-state index < -0.39 is 0 Å². The van der Waals surface area contributed by atoms with E-state index in [1.165, 1.54) is 101 Å². The van der Waals surface area contributed by atoms with Gasteiger partial charge in [0.2, 0.25) is 11.8 Å². The van der Waals surface area contributed by atoms with Crippen LogP contribution in [-0.4, -0.2) is 29.8 Å². The summed E-state index contributed by atoms with van der Waals surface area (Å²) in [6, 6.07) is 0. The van der Waals surface area contributed by atoms with E-state index in [1.54, 1.807) is 0 Å². The second kappa shape index (κ2) is 17.0. The molecule has 0 aromatic rings. The molecule has 0 radical (unpaired) electrons. The third-order valence-electron chi connectivity index (χ3n) is 6.10. The summed E-state index contributed by atoms with van der Waals surface area (Å²) < 4.78 is 0. The summed E-state index contributed by atoms with van der Waals surface area (Å²) in [5.41, 5.74) is 5.47. The van der Waals surface area contributed by atoms with E-state index in [4.69, 9.17) is 5.73 Å². The molecule has 1 aliphatic heterocycles. The molecule has 1 heterocycles. The van der Waals surface area contributed by atoms with E-state index in [0.717, 1.165) is 12.8 Å². The smallest absolute Gasteiger partial charge is 0.232 e. The van der Waals surface area contributed by atoms with Crippen LogP contribution in [0.15, 0.2) is 0 Å². The number of carbonyl (C=O) groups is 2. The van der Waals surface area contributed by atoms with Crippen molar-refractivity contribution in [2.24, 2.45) is 11.7 Å². The molecule has 0 saturated carbocycles. The van der Waals surface area contributed by atoms with Gasteiger partial charge < -0.3 is 5.73 Å². The van der Waals surface area contributed by atoms with Crippen LogP contribution in [0.25, 0.3) is 0 Å². The Morgan fingerprint density at radius 3 is 1.61 bits per heavy atom. The summed E-state index contributed by atoms with van der Waals surface area (Å²) in [4.78, 5) is 25.3. The third-order valence-corrected chi connectivity index (χ3v) is 6.10. The summed E-state index contributed by atoms with van der Waals surface area (Å²) >= 11 is 0. The van der Waals surface area contributed by atoms with E-state index in [2.05, 4.69) is 6.92 Å². The van der Waals surface area contributed by atoms with Gasteiger partial charge in [-0.25, -0.2) is 0 Å². The van der Waals surface area contributed by atoms with Gasteiger partial charge >= 0.3 is 0 Å². The average molecular weight is 395 g/mol. The first kappa shape index (κ1) is 25.1. The summed E-state index contributed by atoms with van der Waals surface area (Å²) in [6.07, 6.45) is 23.0. The molecule has 1 rings (SSSR count). The lowest BCUT2D eigenvalue weighted by atomic mass is 9.98. The molecule has 1 fully saturated rings. The molecule has 1 atom stereocenters. The molecule has 0 bridgehead atoms. The number of hydrogen-bond acceptors (Lipinski definition) is 3. The van der Waals surface area contributed by atoms with Crippen molar-refractivity contribution < 1.29 is 9.59 Å². The minimum absolute atomic E-state index is 0.0106. The number of hydrogen-bond donors (Lipinski definition) is 1. The fourth-order valence-corrected chi connectivity index (χ4v) is 4.28. The molecule has 0 aromatic heterocycles. The molecule has 1 aliphatic rings. The number of unbranched alkanes of at least 4 members (excludes halogenated alkanes) is 15. The molecule has 0 aromatic carbocycles. The summed E-state index contributed by atoms with van der Waals surface area (Å²) in [5, 5.41) is 0. The molecule has 1 saturated heterocycles. The Labute approximate surface area is 174 Å². The lowest BCUT2D eigenvalue weighted by molar-refractivity contribution is -0.139. The zero-order valence-electron chi connectivity index (χ0n) is 18.6. The number of carbonyl (C=O) groups excluding carboxylic acids is 2. The molecule has 4 heteroatoms. The second-order valence-corrected chi connectivity index (χ2v) is 8.67. The van der Waals surface area contributed by atoms with Gasteiger partial charge in [-0.15, -0.1) is 0 Å². The van der Waals surface area contributed by atoms with Gasteiger partial charge in [-0.1, -0.05) is 110 Å². The van der Waals surface area contributed by atoms with Crippen LogP contribution in [0.2, 0.25) is 0 Å². The number of nitrogens with zero attached hydrogens (tertiary/aromatic N) is 1. The molecule has 2 N–H and O–H groups in total. The zero-order valence-corrected chi connectivity index (χ0v) is 18.6. The highest BCUT2D eigenvalue weighted by molar-refractivity contribution is 6.03. The summed E-state index contributed by atoms with van der Waals surface area (Å²) in [6.45, 7) is 3.02. The number of amides is 2. The van der Waals surface area contributed by atoms with Crippen molar-refractivity contribution in [3.8, 4) is 0 Å². The SMILES string of the molecule is CCCCCCCCCCCCCCCCCCC1CC(=O)N(CCN)C1=O. The van der Waals surface area contributed by atoms with Crippen molar-refractivity contribution in [3.63, 3.8) is 0 Å². The highest BCUT2D eigenvalue weighted by Crippen LogP contribution is 2.25. The van der Waals surface area contributed by atoms with Gasteiger partial charge in [0.05, 0.1) is 0 Å². The van der Waals surface area contributed by atoms with Crippen LogP contribution < -0.4 is 5.73 Å². The summed E-state index contributed by atoms with van der Waals surface area (Å²) in [7, 11) is 0. The minimum Gasteiger partial charge on any atom is -0.329 e. The molecule has 2 amide bonds. The van der Waals surface area contributed by atoms with E-state index in [-0.39, 0.29) is 17.7 Å².